The summed E-state index contributed by atoms with van der Waals surface area (Å²) in [4.78, 5) is 9.22. The fraction of sp³-hybridized carbons (Fsp3) is 0.593. The summed E-state index contributed by atoms with van der Waals surface area (Å²) in [5, 5.41) is 20.5. The minimum absolute atomic E-state index is 0.0401. The Morgan fingerprint density at radius 2 is 1.78 bits per heavy atom. The molecule has 3 heterocycles. The number of aromatic nitrogens is 2. The normalized spacial score (nSPS) is 25.0. The molecule has 198 valence electrons. The molecule has 3 N–H and O–H groups in total. The molecule has 5 rings (SSSR count). The van der Waals surface area contributed by atoms with Gasteiger partial charge >= 0.3 is 0 Å². The maximum absolute atomic E-state index is 13.1. The summed E-state index contributed by atoms with van der Waals surface area (Å²) in [5.74, 6) is -1.06. The van der Waals surface area contributed by atoms with E-state index in [2.05, 4.69) is 27.0 Å². The Hall–Kier alpha value is -2.54. The van der Waals surface area contributed by atoms with Crippen molar-refractivity contribution in [2.45, 2.75) is 75.4 Å². The highest BCUT2D eigenvalue weighted by molar-refractivity contribution is 6.33. The first-order chi connectivity index (χ1) is 17.8. The zero-order valence-corrected chi connectivity index (χ0v) is 21.5. The van der Waals surface area contributed by atoms with Crippen molar-refractivity contribution in [1.29, 1.82) is 5.26 Å². The Bertz CT molecular complexity index is 1120. The van der Waals surface area contributed by atoms with Crippen LogP contribution < -0.4 is 16.0 Å². The van der Waals surface area contributed by atoms with E-state index in [1.165, 1.54) is 0 Å². The van der Waals surface area contributed by atoms with Crippen molar-refractivity contribution in [3.8, 4) is 17.3 Å². The number of hydrogen-bond donors (Lipinski definition) is 3. The molecule has 1 saturated heterocycles. The first-order valence-electron chi connectivity index (χ1n) is 13.1. The van der Waals surface area contributed by atoms with Crippen molar-refractivity contribution in [1.82, 2.24) is 15.3 Å². The van der Waals surface area contributed by atoms with Gasteiger partial charge in [0.2, 0.25) is 0 Å². The molecule has 0 spiro atoms. The molecule has 0 unspecified atom stereocenters. The van der Waals surface area contributed by atoms with Crippen LogP contribution in [0, 0.1) is 16.7 Å². The Morgan fingerprint density at radius 3 is 2.49 bits per heavy atom. The molecule has 37 heavy (non-hydrogen) atoms. The molecule has 2 saturated carbocycles. The number of rotatable bonds is 8. The van der Waals surface area contributed by atoms with Crippen LogP contribution in [-0.2, 0) is 4.74 Å². The molecule has 3 fully saturated rings. The summed E-state index contributed by atoms with van der Waals surface area (Å²) >= 11 is 6.51. The second-order valence-electron chi connectivity index (χ2n) is 10.6. The molecule has 7 nitrogen and oxygen atoms in total. The third kappa shape index (κ3) is 6.49. The van der Waals surface area contributed by atoms with Gasteiger partial charge in [0.05, 0.1) is 22.2 Å². The zero-order valence-electron chi connectivity index (χ0n) is 20.8. The number of pyridine rings is 2. The van der Waals surface area contributed by atoms with Gasteiger partial charge in [-0.15, -0.1) is 0 Å². The van der Waals surface area contributed by atoms with Crippen molar-refractivity contribution in [3.05, 3.63) is 35.5 Å². The van der Waals surface area contributed by atoms with Gasteiger partial charge in [-0.25, -0.2) is 18.7 Å². The van der Waals surface area contributed by atoms with Crippen LogP contribution in [0.25, 0.3) is 11.3 Å². The minimum Gasteiger partial charge on any atom is -0.381 e. The Morgan fingerprint density at radius 1 is 1.05 bits per heavy atom. The molecular formula is C27H33ClF2N6O. The summed E-state index contributed by atoms with van der Waals surface area (Å²) in [6, 6.07) is 10.6. The van der Waals surface area contributed by atoms with E-state index in [1.807, 2.05) is 24.3 Å². The SMILES string of the molecule is N#CC1(CNc2cccc(-c3cc(N[C@H]4CC[C@H](NC5CC(F)(F)C5)CC4)ncc3Cl)n2)CCOCC1. The number of nitriles is 1. The number of alkyl halides is 2. The van der Waals surface area contributed by atoms with E-state index in [4.69, 9.17) is 21.3 Å². The predicted molar refractivity (Wildman–Crippen MR) is 140 cm³/mol. The minimum atomic E-state index is -2.48. The summed E-state index contributed by atoms with van der Waals surface area (Å²) < 4.78 is 31.6. The molecule has 10 heteroatoms. The van der Waals surface area contributed by atoms with Crippen LogP contribution in [0.4, 0.5) is 20.4 Å². The lowest BCUT2D eigenvalue weighted by Crippen LogP contribution is -2.52. The van der Waals surface area contributed by atoms with Crippen molar-refractivity contribution in [3.63, 3.8) is 0 Å². The van der Waals surface area contributed by atoms with E-state index < -0.39 is 11.3 Å². The van der Waals surface area contributed by atoms with Gasteiger partial charge in [-0.2, -0.15) is 5.26 Å². The van der Waals surface area contributed by atoms with Crippen LogP contribution >= 0.6 is 11.6 Å². The third-order valence-corrected chi connectivity index (χ3v) is 8.12. The van der Waals surface area contributed by atoms with E-state index in [-0.39, 0.29) is 24.9 Å². The lowest BCUT2D eigenvalue weighted by molar-refractivity contribution is -0.0954. The van der Waals surface area contributed by atoms with Crippen molar-refractivity contribution < 1.29 is 13.5 Å². The molecular weight excluding hydrogens is 498 g/mol. The summed E-state index contributed by atoms with van der Waals surface area (Å²) in [6.45, 7) is 1.71. The van der Waals surface area contributed by atoms with Gasteiger partial charge in [-0.3, -0.25) is 0 Å². The van der Waals surface area contributed by atoms with Gasteiger partial charge in [0.1, 0.15) is 11.6 Å². The maximum atomic E-state index is 13.1. The molecule has 2 aromatic heterocycles. The Labute approximate surface area is 221 Å². The standard InChI is InChI=1S/C27H33ClF2N6O/c28-22-15-32-25(35-19-6-4-18(5-7-19)34-20-13-27(29,30)14-20)12-21(22)23-2-1-3-24(36-23)33-17-26(16-31)8-10-37-11-9-26/h1-3,12,15,18-20,34H,4-11,13-14,17H2,(H,32,35)(H,33,36)/t18-,19-. The van der Waals surface area contributed by atoms with Gasteiger partial charge in [-0.05, 0) is 56.7 Å². The largest absolute Gasteiger partial charge is 0.381 e. The van der Waals surface area contributed by atoms with Crippen LogP contribution in [0.2, 0.25) is 5.02 Å². The Kier molecular flexibility index (Phi) is 7.80. The molecule has 2 aromatic rings. The van der Waals surface area contributed by atoms with Crippen LogP contribution in [0.1, 0.15) is 51.4 Å². The van der Waals surface area contributed by atoms with E-state index in [1.54, 1.807) is 6.20 Å². The quantitative estimate of drug-likeness (QED) is 0.406. The number of nitrogens with zero attached hydrogens (tertiary/aromatic N) is 3. The average molecular weight is 531 g/mol. The zero-order chi connectivity index (χ0) is 25.9. The third-order valence-electron chi connectivity index (χ3n) is 7.82. The van der Waals surface area contributed by atoms with Gasteiger partial charge in [0.25, 0.3) is 5.92 Å². The highest BCUT2D eigenvalue weighted by Crippen LogP contribution is 2.38. The molecule has 0 bridgehead atoms. The topological polar surface area (TPSA) is 94.9 Å². The van der Waals surface area contributed by atoms with Crippen LogP contribution in [0.15, 0.2) is 30.5 Å². The van der Waals surface area contributed by atoms with Gasteiger partial charge in [0.15, 0.2) is 0 Å². The first-order valence-corrected chi connectivity index (χ1v) is 13.5. The highest BCUT2D eigenvalue weighted by atomic mass is 35.5. The van der Waals surface area contributed by atoms with E-state index in [0.717, 1.165) is 42.8 Å². The van der Waals surface area contributed by atoms with Crippen LogP contribution in [0.5, 0.6) is 0 Å². The van der Waals surface area contributed by atoms with Crippen molar-refractivity contribution in [2.75, 3.05) is 30.4 Å². The van der Waals surface area contributed by atoms with Crippen molar-refractivity contribution >= 4 is 23.2 Å². The number of ether oxygens (including phenoxy) is 1. The fourth-order valence-corrected chi connectivity index (χ4v) is 5.67. The lowest BCUT2D eigenvalue weighted by atomic mass is 9.82. The summed E-state index contributed by atoms with van der Waals surface area (Å²) in [5.41, 5.74) is 1.06. The predicted octanol–water partition coefficient (Wildman–Crippen LogP) is 5.64. The maximum Gasteiger partial charge on any atom is 0.251 e. The number of anilines is 2. The summed E-state index contributed by atoms with van der Waals surface area (Å²) in [7, 11) is 0. The van der Waals surface area contributed by atoms with Crippen molar-refractivity contribution in [2.24, 2.45) is 5.41 Å². The Balaban J connectivity index is 1.18. The molecule has 0 aromatic carbocycles. The van der Waals surface area contributed by atoms with Crippen LogP contribution in [-0.4, -0.2) is 53.8 Å². The van der Waals surface area contributed by atoms with Gasteiger partial charge in [-0.1, -0.05) is 17.7 Å². The fourth-order valence-electron chi connectivity index (χ4n) is 5.47. The molecule has 1 aliphatic heterocycles. The number of hydrogen-bond acceptors (Lipinski definition) is 7. The molecule has 0 atom stereocenters. The lowest BCUT2D eigenvalue weighted by Gasteiger charge is -2.40. The molecule has 3 aliphatic rings. The van der Waals surface area contributed by atoms with Gasteiger partial charge < -0.3 is 20.7 Å². The van der Waals surface area contributed by atoms with Gasteiger partial charge in [0, 0.05) is 62.5 Å². The van der Waals surface area contributed by atoms with E-state index >= 15 is 0 Å². The second kappa shape index (κ2) is 11.1. The monoisotopic (exact) mass is 530 g/mol. The van der Waals surface area contributed by atoms with E-state index in [0.29, 0.717) is 49.5 Å². The molecule has 2 aliphatic carbocycles. The average Bonchev–Trinajstić information content (AvgIpc) is 2.89. The second-order valence-corrected chi connectivity index (χ2v) is 11.0. The number of nitrogens with one attached hydrogen (secondary N) is 3. The summed E-state index contributed by atoms with van der Waals surface area (Å²) in [6.07, 6.45) is 6.76. The van der Waals surface area contributed by atoms with E-state index in [9.17, 15) is 14.0 Å². The smallest absolute Gasteiger partial charge is 0.251 e. The molecule has 0 amide bonds. The highest BCUT2D eigenvalue weighted by Gasteiger charge is 2.45. The van der Waals surface area contributed by atoms with Crippen LogP contribution in [0.3, 0.4) is 0 Å². The molecule has 0 radical (unpaired) electrons. The first kappa shape index (κ1) is 26.1. The number of halogens is 3.